The minimum atomic E-state index is -0.512. The van der Waals surface area contributed by atoms with Crippen molar-refractivity contribution in [1.82, 2.24) is 20.2 Å². The van der Waals surface area contributed by atoms with Gasteiger partial charge in [0, 0.05) is 49.1 Å². The summed E-state index contributed by atoms with van der Waals surface area (Å²) in [5.74, 6) is -0.388. The Morgan fingerprint density at radius 2 is 2.13 bits per heavy atom. The Hall–Kier alpha value is -2.95. The molecule has 2 heterocycles. The average Bonchev–Trinajstić information content (AvgIpc) is 3.14. The molecule has 166 valence electrons. The Morgan fingerprint density at radius 1 is 1.39 bits per heavy atom. The molecule has 1 aromatic carbocycles. The Labute approximate surface area is 181 Å². The van der Waals surface area contributed by atoms with Crippen molar-refractivity contribution in [1.29, 1.82) is 10.8 Å². The van der Waals surface area contributed by atoms with Crippen molar-refractivity contribution >= 4 is 23.4 Å². The normalized spacial score (nSPS) is 19.6. The number of β-amino-alcohol motifs (C(OH)–C–C–N with tert-alkyl or cyclic N) is 1. The zero-order chi connectivity index (χ0) is 22.7. The first kappa shape index (κ1) is 22.7. The predicted octanol–water partition coefficient (Wildman–Crippen LogP) is 0.678. The Bertz CT molecular complexity index is 966. The molecule has 3 atom stereocenters. The summed E-state index contributed by atoms with van der Waals surface area (Å²) in [5.41, 5.74) is 7.18. The van der Waals surface area contributed by atoms with Gasteiger partial charge in [-0.05, 0) is 38.8 Å². The van der Waals surface area contributed by atoms with Crippen molar-refractivity contribution in [2.45, 2.75) is 18.1 Å². The molecule has 0 spiro atoms. The van der Waals surface area contributed by atoms with Gasteiger partial charge in [0.1, 0.15) is 18.0 Å². The SMILES string of the molecule is CNCC(C=N)c1cc(C(=N)c2cc(N3CC(O)C(N(C)C)C3)ncn2)c(N)cc1F. The highest BCUT2D eigenvalue weighted by molar-refractivity contribution is 6.13. The second-order valence-electron chi connectivity index (χ2n) is 7.93. The van der Waals surface area contributed by atoms with E-state index >= 15 is 0 Å². The van der Waals surface area contributed by atoms with Crippen molar-refractivity contribution < 1.29 is 9.50 Å². The lowest BCUT2D eigenvalue weighted by Gasteiger charge is -2.22. The third-order valence-corrected chi connectivity index (χ3v) is 5.62. The number of nitrogens with two attached hydrogens (primary N) is 1. The molecule has 10 heteroatoms. The van der Waals surface area contributed by atoms with Crippen LogP contribution in [-0.4, -0.2) is 84.8 Å². The molecule has 1 aliphatic heterocycles. The average molecular weight is 429 g/mol. The Morgan fingerprint density at radius 3 is 2.74 bits per heavy atom. The van der Waals surface area contributed by atoms with Crippen LogP contribution in [0.5, 0.6) is 0 Å². The van der Waals surface area contributed by atoms with E-state index in [-0.39, 0.29) is 17.4 Å². The molecule has 0 saturated carbocycles. The van der Waals surface area contributed by atoms with Gasteiger partial charge in [0.25, 0.3) is 0 Å². The van der Waals surface area contributed by atoms with Crippen LogP contribution >= 0.6 is 0 Å². The number of aromatic nitrogens is 2. The first-order chi connectivity index (χ1) is 14.8. The highest BCUT2D eigenvalue weighted by atomic mass is 19.1. The number of nitrogens with zero attached hydrogens (tertiary/aromatic N) is 4. The highest BCUT2D eigenvalue weighted by Gasteiger charge is 2.33. The van der Waals surface area contributed by atoms with E-state index in [4.69, 9.17) is 16.6 Å². The number of hydrogen-bond donors (Lipinski definition) is 5. The summed E-state index contributed by atoms with van der Waals surface area (Å²) in [5, 5.41) is 29.5. The summed E-state index contributed by atoms with van der Waals surface area (Å²) < 4.78 is 14.5. The van der Waals surface area contributed by atoms with Crippen LogP contribution < -0.4 is 16.0 Å². The minimum Gasteiger partial charge on any atom is -0.398 e. The van der Waals surface area contributed by atoms with E-state index in [1.165, 1.54) is 24.7 Å². The number of aliphatic hydroxyl groups is 1. The molecular weight excluding hydrogens is 399 g/mol. The fourth-order valence-corrected chi connectivity index (χ4v) is 3.84. The largest absolute Gasteiger partial charge is 0.398 e. The number of rotatable bonds is 8. The van der Waals surface area contributed by atoms with Gasteiger partial charge < -0.3 is 31.4 Å². The molecule has 0 aliphatic carbocycles. The van der Waals surface area contributed by atoms with E-state index in [1.54, 1.807) is 13.1 Å². The van der Waals surface area contributed by atoms with Gasteiger partial charge in [-0.1, -0.05) is 0 Å². The van der Waals surface area contributed by atoms with Crippen LogP contribution in [0.4, 0.5) is 15.9 Å². The third kappa shape index (κ3) is 4.71. The summed E-state index contributed by atoms with van der Waals surface area (Å²) in [6.45, 7) is 1.42. The van der Waals surface area contributed by atoms with Crippen LogP contribution in [0, 0.1) is 16.6 Å². The molecule has 31 heavy (non-hydrogen) atoms. The fourth-order valence-electron chi connectivity index (χ4n) is 3.84. The first-order valence-electron chi connectivity index (χ1n) is 10.0. The first-order valence-corrected chi connectivity index (χ1v) is 10.0. The van der Waals surface area contributed by atoms with Crippen molar-refractivity contribution in [3.63, 3.8) is 0 Å². The van der Waals surface area contributed by atoms with Gasteiger partial charge in [0.05, 0.1) is 23.6 Å². The molecular formula is C21H29FN8O. The summed E-state index contributed by atoms with van der Waals surface area (Å²) in [4.78, 5) is 12.4. The van der Waals surface area contributed by atoms with Gasteiger partial charge in [-0.2, -0.15) is 0 Å². The third-order valence-electron chi connectivity index (χ3n) is 5.62. The number of nitrogens with one attached hydrogen (secondary N) is 3. The van der Waals surface area contributed by atoms with E-state index in [0.717, 1.165) is 0 Å². The summed E-state index contributed by atoms with van der Waals surface area (Å²) in [7, 11) is 5.57. The molecule has 0 radical (unpaired) electrons. The minimum absolute atomic E-state index is 0.0154. The second-order valence-corrected chi connectivity index (χ2v) is 7.93. The molecule has 3 unspecified atom stereocenters. The van der Waals surface area contributed by atoms with E-state index in [9.17, 15) is 9.50 Å². The van der Waals surface area contributed by atoms with E-state index in [1.807, 2.05) is 23.9 Å². The Kier molecular flexibility index (Phi) is 6.94. The van der Waals surface area contributed by atoms with Gasteiger partial charge in [-0.15, -0.1) is 0 Å². The summed E-state index contributed by atoms with van der Waals surface area (Å²) in [6, 6.07) is 4.37. The zero-order valence-corrected chi connectivity index (χ0v) is 17.9. The molecule has 0 bridgehead atoms. The zero-order valence-electron chi connectivity index (χ0n) is 17.9. The number of halogens is 1. The van der Waals surface area contributed by atoms with Crippen molar-refractivity contribution in [3.05, 3.63) is 47.2 Å². The summed E-state index contributed by atoms with van der Waals surface area (Å²) in [6.07, 6.45) is 2.03. The van der Waals surface area contributed by atoms with Crippen LogP contribution in [0.25, 0.3) is 0 Å². The number of anilines is 2. The number of likely N-dealkylation sites (N-methyl/N-ethyl adjacent to an activating group) is 2. The van der Waals surface area contributed by atoms with Crippen molar-refractivity contribution in [2.24, 2.45) is 0 Å². The molecule has 0 amide bonds. The molecule has 1 aliphatic rings. The maximum absolute atomic E-state index is 14.5. The molecule has 1 saturated heterocycles. The van der Waals surface area contributed by atoms with Crippen molar-refractivity contribution in [2.75, 3.05) is 51.4 Å². The van der Waals surface area contributed by atoms with E-state index < -0.39 is 17.8 Å². The van der Waals surface area contributed by atoms with Crippen LogP contribution in [0.2, 0.25) is 0 Å². The number of benzene rings is 1. The van der Waals surface area contributed by atoms with Crippen LogP contribution in [-0.2, 0) is 0 Å². The van der Waals surface area contributed by atoms with Crippen LogP contribution in [0.15, 0.2) is 24.5 Å². The molecule has 2 aromatic rings. The lowest BCUT2D eigenvalue weighted by molar-refractivity contribution is 0.114. The fraction of sp³-hybridized carbons (Fsp3) is 0.429. The standard InChI is InChI=1S/C21H29FN8O/c1-26-8-12(7-23)13-4-14(16(24)5-15(13)22)21(25)17-6-20(28-11-27-17)30-9-18(29(2)3)19(31)10-30/h4-7,11-12,18-19,23,25-26,31H,8-10,24H2,1-3H3. The van der Waals surface area contributed by atoms with Gasteiger partial charge in [-0.3, -0.25) is 5.41 Å². The second kappa shape index (κ2) is 9.46. The van der Waals surface area contributed by atoms with E-state index in [0.29, 0.717) is 42.3 Å². The summed E-state index contributed by atoms with van der Waals surface area (Å²) >= 11 is 0. The maximum Gasteiger partial charge on any atom is 0.132 e. The molecule has 1 fully saturated rings. The van der Waals surface area contributed by atoms with Gasteiger partial charge in [0.15, 0.2) is 0 Å². The topological polar surface area (TPSA) is 138 Å². The molecule has 1 aromatic heterocycles. The van der Waals surface area contributed by atoms with Gasteiger partial charge in [-0.25, -0.2) is 14.4 Å². The van der Waals surface area contributed by atoms with Gasteiger partial charge in [0.2, 0.25) is 0 Å². The maximum atomic E-state index is 14.5. The lowest BCUT2D eigenvalue weighted by atomic mass is 9.94. The number of nitrogen functional groups attached to an aromatic ring is 1. The highest BCUT2D eigenvalue weighted by Crippen LogP contribution is 2.27. The smallest absolute Gasteiger partial charge is 0.132 e. The number of aliphatic hydroxyl groups excluding tert-OH is 1. The quantitative estimate of drug-likeness (QED) is 0.308. The monoisotopic (exact) mass is 428 g/mol. The molecule has 9 nitrogen and oxygen atoms in total. The molecule has 3 rings (SSSR count). The van der Waals surface area contributed by atoms with Gasteiger partial charge >= 0.3 is 0 Å². The number of hydrogen-bond acceptors (Lipinski definition) is 9. The van der Waals surface area contributed by atoms with Crippen LogP contribution in [0.1, 0.15) is 22.7 Å². The van der Waals surface area contributed by atoms with E-state index in [2.05, 4.69) is 15.3 Å². The predicted molar refractivity (Wildman–Crippen MR) is 120 cm³/mol. The molecule has 6 N–H and O–H groups in total. The Balaban J connectivity index is 1.92. The lowest BCUT2D eigenvalue weighted by Crippen LogP contribution is -2.38. The van der Waals surface area contributed by atoms with Crippen LogP contribution in [0.3, 0.4) is 0 Å². The van der Waals surface area contributed by atoms with Crippen molar-refractivity contribution in [3.8, 4) is 0 Å².